The molecule has 0 aliphatic rings. The summed E-state index contributed by atoms with van der Waals surface area (Å²) in [6.45, 7) is 4.89. The van der Waals surface area contributed by atoms with Crippen molar-refractivity contribution in [2.75, 3.05) is 13.2 Å². The maximum Gasteiger partial charge on any atom is 0.305 e. The summed E-state index contributed by atoms with van der Waals surface area (Å²) in [5.41, 5.74) is 0. The van der Waals surface area contributed by atoms with Crippen molar-refractivity contribution in [2.45, 2.75) is 341 Å². The summed E-state index contributed by atoms with van der Waals surface area (Å²) in [4.78, 5) is 24.5. The average Bonchev–Trinajstić information content (AvgIpc) is 3.35. The lowest BCUT2D eigenvalue weighted by atomic mass is 10.0. The van der Waals surface area contributed by atoms with E-state index in [0.717, 1.165) is 44.9 Å². The average molecular weight is 971 g/mol. The quantitative estimate of drug-likeness (QED) is 0.0321. The highest BCUT2D eigenvalue weighted by Crippen LogP contribution is 2.17. The number of carbonyl (C=O) groups is 2. The van der Waals surface area contributed by atoms with Gasteiger partial charge in [-0.15, -0.1) is 0 Å². The molecule has 3 N–H and O–H groups in total. The standard InChI is InChI=1S/C63H119NO5/c1-3-5-7-9-11-13-15-16-30-34-37-41-45-49-53-57-63(68)69-58-54-50-46-42-38-35-32-29-27-25-23-21-19-17-18-20-22-24-26-28-31-33-36-40-44-48-52-56-62(67)64-60(59-65)61(66)55-51-47-43-39-14-12-10-8-6-4-2/h17-18,21,23,51,55,60-61,65-66H,3-16,19-20,22,24-50,52-54,56-59H2,1-2H3,(H,64,67)/b18-17-,23-21-,55-51+. The zero-order valence-electron chi connectivity index (χ0n) is 46.3. The van der Waals surface area contributed by atoms with Gasteiger partial charge in [0.2, 0.25) is 5.91 Å². The summed E-state index contributed by atoms with van der Waals surface area (Å²) in [6.07, 6.45) is 73.4. The van der Waals surface area contributed by atoms with E-state index in [9.17, 15) is 19.8 Å². The van der Waals surface area contributed by atoms with Gasteiger partial charge < -0.3 is 20.3 Å². The van der Waals surface area contributed by atoms with Crippen LogP contribution >= 0.6 is 0 Å². The molecule has 0 spiro atoms. The van der Waals surface area contributed by atoms with Crippen LogP contribution in [0.5, 0.6) is 0 Å². The lowest BCUT2D eigenvalue weighted by Crippen LogP contribution is -2.45. The number of allylic oxidation sites excluding steroid dienone is 5. The molecule has 0 bridgehead atoms. The molecule has 0 fully saturated rings. The molecule has 6 heteroatoms. The molecular weight excluding hydrogens is 851 g/mol. The van der Waals surface area contributed by atoms with E-state index in [-0.39, 0.29) is 18.5 Å². The fourth-order valence-corrected chi connectivity index (χ4v) is 9.43. The highest BCUT2D eigenvalue weighted by atomic mass is 16.5. The first-order chi connectivity index (χ1) is 34.0. The molecule has 0 aromatic heterocycles. The molecule has 0 aromatic rings. The van der Waals surface area contributed by atoms with E-state index in [1.165, 1.54) is 257 Å². The van der Waals surface area contributed by atoms with E-state index < -0.39 is 12.1 Å². The molecule has 2 atom stereocenters. The SMILES string of the molecule is CCCCCCCCCC/C=C/C(O)C(CO)NC(=O)CCCCCCCCCCCCC/C=C\C/C=C\CCCCCCCCCCCOC(=O)CCCCCCCCCCCCCCCCC. The van der Waals surface area contributed by atoms with E-state index in [4.69, 9.17) is 4.74 Å². The second-order valence-corrected chi connectivity index (χ2v) is 21.0. The topological polar surface area (TPSA) is 95.9 Å². The largest absolute Gasteiger partial charge is 0.466 e. The molecule has 0 aliphatic heterocycles. The highest BCUT2D eigenvalue weighted by molar-refractivity contribution is 5.76. The molecule has 0 aromatic carbocycles. The van der Waals surface area contributed by atoms with E-state index in [1.54, 1.807) is 6.08 Å². The number of hydrogen-bond acceptors (Lipinski definition) is 5. The summed E-state index contributed by atoms with van der Waals surface area (Å²) in [6, 6.07) is -0.628. The summed E-state index contributed by atoms with van der Waals surface area (Å²) in [5, 5.41) is 23.0. The Morgan fingerprint density at radius 3 is 1.10 bits per heavy atom. The van der Waals surface area contributed by atoms with Gasteiger partial charge in [-0.1, -0.05) is 288 Å². The fourth-order valence-electron chi connectivity index (χ4n) is 9.43. The van der Waals surface area contributed by atoms with Crippen LogP contribution in [0.1, 0.15) is 328 Å². The second-order valence-electron chi connectivity index (χ2n) is 21.0. The third-order valence-corrected chi connectivity index (χ3v) is 14.2. The molecule has 0 saturated heterocycles. The first-order valence-corrected chi connectivity index (χ1v) is 30.8. The molecule has 0 saturated carbocycles. The van der Waals surface area contributed by atoms with Crippen LogP contribution in [0.4, 0.5) is 0 Å². The van der Waals surface area contributed by atoms with Gasteiger partial charge in [0.1, 0.15) is 0 Å². The third kappa shape index (κ3) is 55.2. The number of amides is 1. The molecule has 1 amide bonds. The van der Waals surface area contributed by atoms with Crippen LogP contribution in [0.2, 0.25) is 0 Å². The van der Waals surface area contributed by atoms with E-state index in [2.05, 4.69) is 43.5 Å². The molecule has 0 heterocycles. The number of aliphatic hydroxyl groups is 2. The number of aliphatic hydroxyl groups excluding tert-OH is 2. The zero-order valence-corrected chi connectivity index (χ0v) is 46.3. The number of nitrogens with one attached hydrogen (secondary N) is 1. The van der Waals surface area contributed by atoms with Crippen molar-refractivity contribution < 1.29 is 24.5 Å². The Labute approximate surface area is 430 Å². The Kier molecular flexibility index (Phi) is 57.0. The molecule has 2 unspecified atom stereocenters. The molecule has 406 valence electrons. The maximum absolute atomic E-state index is 12.4. The van der Waals surface area contributed by atoms with Crippen molar-refractivity contribution in [3.8, 4) is 0 Å². The van der Waals surface area contributed by atoms with Gasteiger partial charge in [0.05, 0.1) is 25.4 Å². The van der Waals surface area contributed by atoms with Gasteiger partial charge in [0, 0.05) is 12.8 Å². The summed E-state index contributed by atoms with van der Waals surface area (Å²) in [5.74, 6) is -0.0598. The van der Waals surface area contributed by atoms with Crippen molar-refractivity contribution in [1.29, 1.82) is 0 Å². The molecule has 6 nitrogen and oxygen atoms in total. The van der Waals surface area contributed by atoms with Gasteiger partial charge in [-0.25, -0.2) is 0 Å². The van der Waals surface area contributed by atoms with Crippen LogP contribution in [0.3, 0.4) is 0 Å². The van der Waals surface area contributed by atoms with Crippen LogP contribution < -0.4 is 5.32 Å². The molecule has 0 aliphatic carbocycles. The number of rotatable bonds is 57. The van der Waals surface area contributed by atoms with E-state index in [0.29, 0.717) is 19.4 Å². The van der Waals surface area contributed by atoms with Gasteiger partial charge in [-0.2, -0.15) is 0 Å². The minimum Gasteiger partial charge on any atom is -0.466 e. The number of carbonyl (C=O) groups excluding carboxylic acids is 2. The van der Waals surface area contributed by atoms with Gasteiger partial charge in [-0.3, -0.25) is 9.59 Å². The van der Waals surface area contributed by atoms with Crippen molar-refractivity contribution in [3.63, 3.8) is 0 Å². The number of esters is 1. The molecule has 69 heavy (non-hydrogen) atoms. The van der Waals surface area contributed by atoms with Gasteiger partial charge in [0.15, 0.2) is 0 Å². The minimum absolute atomic E-state index is 0.0130. The summed E-state index contributed by atoms with van der Waals surface area (Å²) >= 11 is 0. The first kappa shape index (κ1) is 67.1. The van der Waals surface area contributed by atoms with Crippen LogP contribution in [-0.2, 0) is 14.3 Å². The first-order valence-electron chi connectivity index (χ1n) is 30.8. The highest BCUT2D eigenvalue weighted by Gasteiger charge is 2.18. The van der Waals surface area contributed by atoms with Crippen LogP contribution in [0, 0.1) is 0 Å². The Morgan fingerprint density at radius 1 is 0.406 bits per heavy atom. The monoisotopic (exact) mass is 970 g/mol. The van der Waals surface area contributed by atoms with Crippen molar-refractivity contribution in [1.82, 2.24) is 5.32 Å². The fraction of sp³-hybridized carbons (Fsp3) is 0.873. The number of hydrogen-bond donors (Lipinski definition) is 3. The number of unbranched alkanes of at least 4 members (excludes halogenated alkanes) is 42. The Bertz CT molecular complexity index is 1120. The van der Waals surface area contributed by atoms with Crippen molar-refractivity contribution in [3.05, 3.63) is 36.5 Å². The lowest BCUT2D eigenvalue weighted by molar-refractivity contribution is -0.143. The third-order valence-electron chi connectivity index (χ3n) is 14.2. The smallest absolute Gasteiger partial charge is 0.305 e. The summed E-state index contributed by atoms with van der Waals surface area (Å²) < 4.78 is 5.49. The predicted octanol–water partition coefficient (Wildman–Crippen LogP) is 19.2. The van der Waals surface area contributed by atoms with Crippen molar-refractivity contribution >= 4 is 11.9 Å². The van der Waals surface area contributed by atoms with Crippen molar-refractivity contribution in [2.24, 2.45) is 0 Å². The number of ether oxygens (including phenoxy) is 1. The normalized spacial score (nSPS) is 12.8. The van der Waals surface area contributed by atoms with E-state index >= 15 is 0 Å². The van der Waals surface area contributed by atoms with Crippen LogP contribution in [0.25, 0.3) is 0 Å². The Morgan fingerprint density at radius 2 is 0.725 bits per heavy atom. The minimum atomic E-state index is -0.845. The lowest BCUT2D eigenvalue weighted by Gasteiger charge is -2.20. The van der Waals surface area contributed by atoms with Crippen LogP contribution in [-0.4, -0.2) is 47.4 Å². The molecule has 0 rings (SSSR count). The van der Waals surface area contributed by atoms with Crippen LogP contribution in [0.15, 0.2) is 36.5 Å². The Hall–Kier alpha value is -1.92. The maximum atomic E-state index is 12.4. The van der Waals surface area contributed by atoms with Gasteiger partial charge in [-0.05, 0) is 64.2 Å². The van der Waals surface area contributed by atoms with Gasteiger partial charge in [0.25, 0.3) is 0 Å². The Balaban J connectivity index is 3.40. The zero-order chi connectivity index (χ0) is 50.0. The molecular formula is C63H119NO5. The predicted molar refractivity (Wildman–Crippen MR) is 301 cm³/mol. The second kappa shape index (κ2) is 58.6. The van der Waals surface area contributed by atoms with E-state index in [1.807, 2.05) is 6.08 Å². The molecule has 0 radical (unpaired) electrons. The van der Waals surface area contributed by atoms with Gasteiger partial charge >= 0.3 is 5.97 Å². The summed E-state index contributed by atoms with van der Waals surface area (Å²) in [7, 11) is 0.